The van der Waals surface area contributed by atoms with Crippen molar-refractivity contribution >= 4 is 27.7 Å². The van der Waals surface area contributed by atoms with E-state index in [9.17, 15) is 9.59 Å². The maximum absolute atomic E-state index is 12.1. The molecule has 0 radical (unpaired) electrons. The summed E-state index contributed by atoms with van der Waals surface area (Å²) < 4.78 is 6.15. The summed E-state index contributed by atoms with van der Waals surface area (Å²) >= 11 is 3.33. The molecule has 0 N–H and O–H groups in total. The van der Waals surface area contributed by atoms with Gasteiger partial charge in [-0.05, 0) is 36.8 Å². The maximum atomic E-state index is 12.1. The Morgan fingerprint density at radius 1 is 1.10 bits per heavy atom. The van der Waals surface area contributed by atoms with Crippen LogP contribution in [0.5, 0.6) is 5.75 Å². The average molecular weight is 347 g/mol. The van der Waals surface area contributed by atoms with Crippen LogP contribution in [0.2, 0.25) is 0 Å². The Morgan fingerprint density at radius 2 is 1.81 bits per heavy atom. The number of esters is 1. The Kier molecular flexibility index (Phi) is 5.28. The molecule has 2 aromatic carbocycles. The molecule has 3 nitrogen and oxygen atoms in total. The molecule has 0 aliphatic heterocycles. The van der Waals surface area contributed by atoms with Crippen LogP contribution < -0.4 is 4.74 Å². The standard InChI is InChI=1S/C17H15BrO3/c1-2-6-15(19)14-11-13(18)9-10-16(14)21-17(20)12-7-4-3-5-8-12/h3-5,7-11H,2,6H2,1H3. The zero-order chi connectivity index (χ0) is 15.2. The number of rotatable bonds is 5. The lowest BCUT2D eigenvalue weighted by molar-refractivity contribution is 0.0732. The number of halogens is 1. The lowest BCUT2D eigenvalue weighted by atomic mass is 10.1. The Balaban J connectivity index is 2.27. The van der Waals surface area contributed by atoms with Crippen LogP contribution in [0, 0.1) is 0 Å². The molecule has 4 heteroatoms. The molecule has 0 spiro atoms. The van der Waals surface area contributed by atoms with Gasteiger partial charge in [-0.15, -0.1) is 0 Å². The first-order valence-electron chi connectivity index (χ1n) is 6.71. The highest BCUT2D eigenvalue weighted by atomic mass is 79.9. The van der Waals surface area contributed by atoms with E-state index in [-0.39, 0.29) is 5.78 Å². The molecule has 0 bridgehead atoms. The van der Waals surface area contributed by atoms with Crippen molar-refractivity contribution in [1.82, 2.24) is 0 Å². The molecule has 2 aromatic rings. The number of benzene rings is 2. The van der Waals surface area contributed by atoms with E-state index < -0.39 is 5.97 Å². The summed E-state index contributed by atoms with van der Waals surface area (Å²) in [6.45, 7) is 1.94. The molecule has 0 fully saturated rings. The van der Waals surface area contributed by atoms with E-state index in [2.05, 4.69) is 15.9 Å². The second kappa shape index (κ2) is 7.18. The van der Waals surface area contributed by atoms with E-state index in [0.717, 1.165) is 10.9 Å². The first-order chi connectivity index (χ1) is 10.1. The van der Waals surface area contributed by atoms with E-state index >= 15 is 0 Å². The first-order valence-corrected chi connectivity index (χ1v) is 7.51. The Labute approximate surface area is 132 Å². The third-order valence-corrected chi connectivity index (χ3v) is 3.42. The maximum Gasteiger partial charge on any atom is 0.343 e. The van der Waals surface area contributed by atoms with Crippen molar-refractivity contribution in [3.63, 3.8) is 0 Å². The summed E-state index contributed by atoms with van der Waals surface area (Å²) in [5, 5.41) is 0. The van der Waals surface area contributed by atoms with Gasteiger partial charge < -0.3 is 4.74 Å². The highest BCUT2D eigenvalue weighted by Gasteiger charge is 2.16. The van der Waals surface area contributed by atoms with Crippen LogP contribution in [0.1, 0.15) is 40.5 Å². The molecule has 0 aliphatic rings. The van der Waals surface area contributed by atoms with Gasteiger partial charge in [0, 0.05) is 10.9 Å². The fourth-order valence-electron chi connectivity index (χ4n) is 1.90. The van der Waals surface area contributed by atoms with Gasteiger partial charge in [-0.1, -0.05) is 41.1 Å². The van der Waals surface area contributed by atoms with E-state index in [1.807, 2.05) is 13.0 Å². The third-order valence-electron chi connectivity index (χ3n) is 2.93. The van der Waals surface area contributed by atoms with Gasteiger partial charge >= 0.3 is 5.97 Å². The van der Waals surface area contributed by atoms with Crippen LogP contribution >= 0.6 is 15.9 Å². The lowest BCUT2D eigenvalue weighted by Gasteiger charge is -2.10. The number of ether oxygens (including phenoxy) is 1. The second-order valence-electron chi connectivity index (χ2n) is 4.57. The normalized spacial score (nSPS) is 10.2. The van der Waals surface area contributed by atoms with E-state index in [1.165, 1.54) is 0 Å². The largest absolute Gasteiger partial charge is 0.422 e. The number of carbonyl (C=O) groups is 2. The first kappa shape index (κ1) is 15.4. The molecule has 0 amide bonds. The summed E-state index contributed by atoms with van der Waals surface area (Å²) in [7, 11) is 0. The smallest absolute Gasteiger partial charge is 0.343 e. The van der Waals surface area contributed by atoms with Gasteiger partial charge in [0.1, 0.15) is 5.75 Å². The molecule has 0 aliphatic carbocycles. The van der Waals surface area contributed by atoms with Crippen molar-refractivity contribution in [2.45, 2.75) is 19.8 Å². The molecule has 0 unspecified atom stereocenters. The Hall–Kier alpha value is -1.94. The SMILES string of the molecule is CCCC(=O)c1cc(Br)ccc1OC(=O)c1ccccc1. The number of ketones is 1. The summed E-state index contributed by atoms with van der Waals surface area (Å²) in [5.74, 6) is -0.205. The van der Waals surface area contributed by atoms with Gasteiger partial charge in [0.05, 0.1) is 11.1 Å². The number of Topliss-reactive ketones (excluding diaryl/α,β-unsaturated/α-hetero) is 1. The van der Waals surface area contributed by atoms with Crippen molar-refractivity contribution in [3.8, 4) is 5.75 Å². The van der Waals surface area contributed by atoms with Gasteiger partial charge in [-0.3, -0.25) is 4.79 Å². The van der Waals surface area contributed by atoms with Crippen molar-refractivity contribution in [2.75, 3.05) is 0 Å². The van der Waals surface area contributed by atoms with Crippen LogP contribution in [-0.4, -0.2) is 11.8 Å². The molecule has 0 heterocycles. The van der Waals surface area contributed by atoms with Crippen LogP contribution in [0.25, 0.3) is 0 Å². The number of hydrogen-bond acceptors (Lipinski definition) is 3. The summed E-state index contributed by atoms with van der Waals surface area (Å²) in [6, 6.07) is 13.8. The predicted octanol–water partition coefficient (Wildman–Crippen LogP) is 4.65. The Bertz CT molecular complexity index is 650. The van der Waals surface area contributed by atoms with Crippen LogP contribution in [0.15, 0.2) is 53.0 Å². The molecule has 0 atom stereocenters. The minimum absolute atomic E-state index is 0.0327. The number of carbonyl (C=O) groups excluding carboxylic acids is 2. The molecule has 0 saturated carbocycles. The summed E-state index contributed by atoms with van der Waals surface area (Å²) in [5.41, 5.74) is 0.879. The van der Waals surface area contributed by atoms with Crippen molar-refractivity contribution < 1.29 is 14.3 Å². The van der Waals surface area contributed by atoms with E-state index in [1.54, 1.807) is 42.5 Å². The van der Waals surface area contributed by atoms with Crippen molar-refractivity contribution in [3.05, 3.63) is 64.1 Å². The molecular formula is C17H15BrO3. The highest BCUT2D eigenvalue weighted by molar-refractivity contribution is 9.10. The van der Waals surface area contributed by atoms with Gasteiger partial charge in [0.25, 0.3) is 0 Å². The van der Waals surface area contributed by atoms with Crippen LogP contribution in [0.3, 0.4) is 0 Å². The third kappa shape index (κ3) is 4.02. The monoisotopic (exact) mass is 346 g/mol. The minimum atomic E-state index is -0.469. The lowest BCUT2D eigenvalue weighted by Crippen LogP contribution is -2.11. The predicted molar refractivity (Wildman–Crippen MR) is 84.8 cm³/mol. The van der Waals surface area contributed by atoms with Crippen molar-refractivity contribution in [2.24, 2.45) is 0 Å². The van der Waals surface area contributed by atoms with Gasteiger partial charge in [-0.2, -0.15) is 0 Å². The zero-order valence-electron chi connectivity index (χ0n) is 11.6. The minimum Gasteiger partial charge on any atom is -0.422 e. The molecule has 2 rings (SSSR count). The topological polar surface area (TPSA) is 43.4 Å². The Morgan fingerprint density at radius 3 is 2.48 bits per heavy atom. The number of hydrogen-bond donors (Lipinski definition) is 0. The summed E-state index contributed by atoms with van der Waals surface area (Å²) in [4.78, 5) is 24.2. The van der Waals surface area contributed by atoms with Crippen molar-refractivity contribution in [1.29, 1.82) is 0 Å². The zero-order valence-corrected chi connectivity index (χ0v) is 13.2. The highest BCUT2D eigenvalue weighted by Crippen LogP contribution is 2.25. The quantitative estimate of drug-likeness (QED) is 0.449. The van der Waals surface area contributed by atoms with Crippen LogP contribution in [-0.2, 0) is 0 Å². The molecule has 21 heavy (non-hydrogen) atoms. The summed E-state index contributed by atoms with van der Waals surface area (Å²) in [6.07, 6.45) is 1.17. The van der Waals surface area contributed by atoms with Gasteiger partial charge in [0.2, 0.25) is 0 Å². The average Bonchev–Trinajstić information content (AvgIpc) is 2.50. The fourth-order valence-corrected chi connectivity index (χ4v) is 2.26. The molecule has 108 valence electrons. The van der Waals surface area contributed by atoms with E-state index in [0.29, 0.717) is 23.3 Å². The fraction of sp³-hybridized carbons (Fsp3) is 0.176. The van der Waals surface area contributed by atoms with Gasteiger partial charge in [0.15, 0.2) is 5.78 Å². The molecule has 0 saturated heterocycles. The van der Waals surface area contributed by atoms with E-state index in [4.69, 9.17) is 4.74 Å². The van der Waals surface area contributed by atoms with Gasteiger partial charge in [-0.25, -0.2) is 4.79 Å². The molecular weight excluding hydrogens is 332 g/mol. The second-order valence-corrected chi connectivity index (χ2v) is 5.48. The van der Waals surface area contributed by atoms with Crippen LogP contribution in [0.4, 0.5) is 0 Å². The molecule has 0 aromatic heterocycles.